The van der Waals surface area contributed by atoms with E-state index in [0.717, 1.165) is 0 Å². The fourth-order valence-electron chi connectivity index (χ4n) is 2.25. The molecule has 2 N–H and O–H groups in total. The van der Waals surface area contributed by atoms with E-state index in [1.54, 1.807) is 24.3 Å². The van der Waals surface area contributed by atoms with Crippen LogP contribution in [0.1, 0.15) is 24.2 Å². The predicted molar refractivity (Wildman–Crippen MR) is 108 cm³/mol. The number of ether oxygens (including phenoxy) is 2. The molecule has 0 radical (unpaired) electrons. The molecule has 0 bridgehead atoms. The molecular weight excluding hydrogens is 396 g/mol. The van der Waals surface area contributed by atoms with Crippen molar-refractivity contribution in [1.82, 2.24) is 5.32 Å². The molecule has 2 rings (SSSR count). The van der Waals surface area contributed by atoms with Gasteiger partial charge in [0, 0.05) is 12.2 Å². The minimum atomic E-state index is -3.92. The van der Waals surface area contributed by atoms with E-state index in [0.29, 0.717) is 18.0 Å². The SMILES string of the molecule is COc1ccc(NS(=O)(=O)c2cccc(C(=O)OCC(=O)NCC(C)C)c2)cc1. The van der Waals surface area contributed by atoms with Crippen LogP contribution in [0.3, 0.4) is 0 Å². The fraction of sp³-hybridized carbons (Fsp3) is 0.300. The number of benzene rings is 2. The number of carbonyl (C=O) groups excluding carboxylic acids is 2. The summed E-state index contributed by atoms with van der Waals surface area (Å²) in [6.07, 6.45) is 0. The summed E-state index contributed by atoms with van der Waals surface area (Å²) in [7, 11) is -2.40. The highest BCUT2D eigenvalue weighted by Crippen LogP contribution is 2.20. The van der Waals surface area contributed by atoms with Gasteiger partial charge in [0.2, 0.25) is 0 Å². The summed E-state index contributed by atoms with van der Waals surface area (Å²) >= 11 is 0. The maximum atomic E-state index is 12.6. The largest absolute Gasteiger partial charge is 0.497 e. The molecule has 0 heterocycles. The topological polar surface area (TPSA) is 111 Å². The van der Waals surface area contributed by atoms with Crippen molar-refractivity contribution in [2.24, 2.45) is 5.92 Å². The summed E-state index contributed by atoms with van der Waals surface area (Å²) in [5.41, 5.74) is 0.375. The second kappa shape index (κ2) is 9.92. The van der Waals surface area contributed by atoms with Crippen LogP contribution in [0.2, 0.25) is 0 Å². The van der Waals surface area contributed by atoms with Crippen LogP contribution in [0.25, 0.3) is 0 Å². The molecule has 29 heavy (non-hydrogen) atoms. The minimum absolute atomic E-state index is 0.0271. The van der Waals surface area contributed by atoms with Gasteiger partial charge in [-0.05, 0) is 48.4 Å². The first-order valence-corrected chi connectivity index (χ1v) is 10.4. The maximum Gasteiger partial charge on any atom is 0.338 e. The number of sulfonamides is 1. The number of esters is 1. The molecular formula is C20H24N2O6S. The van der Waals surface area contributed by atoms with E-state index >= 15 is 0 Å². The molecule has 156 valence electrons. The van der Waals surface area contributed by atoms with Crippen molar-refractivity contribution >= 4 is 27.6 Å². The standard InChI is InChI=1S/C20H24N2O6S/c1-14(2)12-21-19(23)13-28-20(24)15-5-4-6-18(11-15)29(25,26)22-16-7-9-17(27-3)10-8-16/h4-11,14,22H,12-13H2,1-3H3,(H,21,23). The van der Waals surface area contributed by atoms with Crippen molar-refractivity contribution in [2.75, 3.05) is 25.0 Å². The van der Waals surface area contributed by atoms with Gasteiger partial charge in [0.05, 0.1) is 17.6 Å². The van der Waals surface area contributed by atoms with Gasteiger partial charge in [0.15, 0.2) is 6.61 Å². The van der Waals surface area contributed by atoms with E-state index < -0.39 is 28.5 Å². The van der Waals surface area contributed by atoms with Crippen molar-refractivity contribution in [1.29, 1.82) is 0 Å². The second-order valence-corrected chi connectivity index (χ2v) is 8.32. The van der Waals surface area contributed by atoms with Gasteiger partial charge >= 0.3 is 5.97 Å². The minimum Gasteiger partial charge on any atom is -0.497 e. The van der Waals surface area contributed by atoms with Gasteiger partial charge in [-0.25, -0.2) is 13.2 Å². The first-order chi connectivity index (χ1) is 13.7. The van der Waals surface area contributed by atoms with Crippen LogP contribution in [0.5, 0.6) is 5.75 Å². The molecule has 0 aromatic heterocycles. The van der Waals surface area contributed by atoms with E-state index in [1.165, 1.54) is 31.4 Å². The van der Waals surface area contributed by atoms with Gasteiger partial charge < -0.3 is 14.8 Å². The zero-order valence-electron chi connectivity index (χ0n) is 16.5. The lowest BCUT2D eigenvalue weighted by atomic mass is 10.2. The number of nitrogens with one attached hydrogen (secondary N) is 2. The van der Waals surface area contributed by atoms with E-state index in [2.05, 4.69) is 10.0 Å². The second-order valence-electron chi connectivity index (χ2n) is 6.64. The zero-order valence-corrected chi connectivity index (χ0v) is 17.3. The summed E-state index contributed by atoms with van der Waals surface area (Å²) in [6, 6.07) is 11.8. The molecule has 0 spiro atoms. The lowest BCUT2D eigenvalue weighted by Crippen LogP contribution is -2.31. The Hall–Kier alpha value is -3.07. The Morgan fingerprint density at radius 3 is 2.38 bits per heavy atom. The quantitative estimate of drug-likeness (QED) is 0.603. The number of carbonyl (C=O) groups is 2. The molecule has 2 aromatic carbocycles. The van der Waals surface area contributed by atoms with Gasteiger partial charge in [0.1, 0.15) is 5.75 Å². The van der Waals surface area contributed by atoms with E-state index in [1.807, 2.05) is 13.8 Å². The van der Waals surface area contributed by atoms with E-state index in [9.17, 15) is 18.0 Å². The van der Waals surface area contributed by atoms with Gasteiger partial charge in [-0.2, -0.15) is 0 Å². The fourth-order valence-corrected chi connectivity index (χ4v) is 3.35. The van der Waals surface area contributed by atoms with E-state index in [4.69, 9.17) is 9.47 Å². The predicted octanol–water partition coefficient (Wildman–Crippen LogP) is 2.42. The summed E-state index contributed by atoms with van der Waals surface area (Å²) in [5, 5.41) is 2.63. The number of amides is 1. The number of methoxy groups -OCH3 is 1. The van der Waals surface area contributed by atoms with Crippen molar-refractivity contribution < 1.29 is 27.5 Å². The average Bonchev–Trinajstić information content (AvgIpc) is 2.70. The van der Waals surface area contributed by atoms with Crippen LogP contribution >= 0.6 is 0 Å². The third-order valence-electron chi connectivity index (χ3n) is 3.76. The smallest absolute Gasteiger partial charge is 0.338 e. The van der Waals surface area contributed by atoms with Gasteiger partial charge in [-0.3, -0.25) is 9.52 Å². The van der Waals surface area contributed by atoms with Crippen LogP contribution in [0.15, 0.2) is 53.4 Å². The molecule has 2 aromatic rings. The highest BCUT2D eigenvalue weighted by atomic mass is 32.2. The Kier molecular flexibility index (Phi) is 7.60. The van der Waals surface area contributed by atoms with Crippen LogP contribution in [-0.2, 0) is 19.6 Å². The summed E-state index contributed by atoms with van der Waals surface area (Å²) in [4.78, 5) is 23.7. The van der Waals surface area contributed by atoms with Crippen LogP contribution in [-0.4, -0.2) is 40.6 Å². The Balaban J connectivity index is 2.04. The molecule has 1 amide bonds. The van der Waals surface area contributed by atoms with Crippen molar-refractivity contribution in [3.05, 3.63) is 54.1 Å². The lowest BCUT2D eigenvalue weighted by molar-refractivity contribution is -0.124. The molecule has 0 aliphatic rings. The molecule has 0 saturated carbocycles. The lowest BCUT2D eigenvalue weighted by Gasteiger charge is -2.10. The number of rotatable bonds is 9. The third-order valence-corrected chi connectivity index (χ3v) is 5.14. The first kappa shape index (κ1) is 22.2. The third kappa shape index (κ3) is 6.79. The molecule has 9 heteroatoms. The molecule has 0 saturated heterocycles. The van der Waals surface area contributed by atoms with Crippen molar-refractivity contribution in [3.8, 4) is 5.75 Å². The highest BCUT2D eigenvalue weighted by molar-refractivity contribution is 7.92. The normalized spacial score (nSPS) is 11.0. The average molecular weight is 420 g/mol. The van der Waals surface area contributed by atoms with Crippen LogP contribution < -0.4 is 14.8 Å². The Morgan fingerprint density at radius 2 is 1.76 bits per heavy atom. The number of hydrogen-bond acceptors (Lipinski definition) is 6. The van der Waals surface area contributed by atoms with E-state index in [-0.39, 0.29) is 16.4 Å². The first-order valence-electron chi connectivity index (χ1n) is 8.92. The van der Waals surface area contributed by atoms with Crippen molar-refractivity contribution in [3.63, 3.8) is 0 Å². The monoisotopic (exact) mass is 420 g/mol. The summed E-state index contributed by atoms with van der Waals surface area (Å²) in [5.74, 6) is -0.340. The maximum absolute atomic E-state index is 12.6. The Morgan fingerprint density at radius 1 is 1.07 bits per heavy atom. The number of anilines is 1. The van der Waals surface area contributed by atoms with Gasteiger partial charge in [-0.1, -0.05) is 19.9 Å². The molecule has 0 atom stereocenters. The van der Waals surface area contributed by atoms with Crippen LogP contribution in [0.4, 0.5) is 5.69 Å². The van der Waals surface area contributed by atoms with Crippen molar-refractivity contribution in [2.45, 2.75) is 18.7 Å². The van der Waals surface area contributed by atoms with Gasteiger partial charge in [-0.15, -0.1) is 0 Å². The molecule has 0 unspecified atom stereocenters. The highest BCUT2D eigenvalue weighted by Gasteiger charge is 2.18. The zero-order chi connectivity index (χ0) is 21.4. The number of hydrogen-bond donors (Lipinski definition) is 2. The summed E-state index contributed by atoms with van der Waals surface area (Å²) < 4.78 is 37.6. The van der Waals surface area contributed by atoms with Gasteiger partial charge in [0.25, 0.3) is 15.9 Å². The summed E-state index contributed by atoms with van der Waals surface area (Å²) in [6.45, 7) is 3.92. The molecule has 0 fully saturated rings. The molecule has 0 aliphatic carbocycles. The molecule has 8 nitrogen and oxygen atoms in total. The Bertz CT molecular complexity index is 955. The van der Waals surface area contributed by atoms with Crippen LogP contribution in [0, 0.1) is 5.92 Å². The Labute approximate surface area is 170 Å². The molecule has 0 aliphatic heterocycles.